The van der Waals surface area contributed by atoms with Crippen molar-refractivity contribution in [2.75, 3.05) is 11.4 Å². The third kappa shape index (κ3) is 3.92. The average Bonchev–Trinajstić information content (AvgIpc) is 2.99. The summed E-state index contributed by atoms with van der Waals surface area (Å²) in [6.45, 7) is 3.00. The number of para-hydroxylation sites is 2. The summed E-state index contributed by atoms with van der Waals surface area (Å²) in [5, 5.41) is 0. The van der Waals surface area contributed by atoms with Crippen molar-refractivity contribution in [3.63, 3.8) is 0 Å². The summed E-state index contributed by atoms with van der Waals surface area (Å²) in [7, 11) is 0. The molecule has 0 aromatic heterocycles. The molecule has 0 atom stereocenters. The second-order valence-corrected chi connectivity index (χ2v) is 6.99. The summed E-state index contributed by atoms with van der Waals surface area (Å²) in [6.07, 6.45) is 2.78. The van der Waals surface area contributed by atoms with E-state index in [1.54, 1.807) is 6.07 Å². The highest BCUT2D eigenvalue weighted by atomic mass is 19.1. The summed E-state index contributed by atoms with van der Waals surface area (Å²) < 4.78 is 19.4. The van der Waals surface area contributed by atoms with Crippen LogP contribution >= 0.6 is 0 Å². The van der Waals surface area contributed by atoms with E-state index < -0.39 is 0 Å². The highest BCUT2D eigenvalue weighted by Crippen LogP contribution is 2.38. The van der Waals surface area contributed by atoms with E-state index in [1.165, 1.54) is 12.1 Å². The number of carbonyl (C=O) groups is 1. The SMILES string of the molecule is CCCN1C(=O)/C(=C\c2ccccc2OCc2cccc(F)c2)c2ccccc21. The average molecular weight is 387 g/mol. The number of hydrogen-bond acceptors (Lipinski definition) is 2. The van der Waals surface area contributed by atoms with Crippen LogP contribution in [0.1, 0.15) is 30.0 Å². The lowest BCUT2D eigenvalue weighted by atomic mass is 10.0. The molecular formula is C25H22FNO2. The van der Waals surface area contributed by atoms with Gasteiger partial charge in [0.1, 0.15) is 18.2 Å². The molecule has 0 spiro atoms. The Balaban J connectivity index is 1.66. The van der Waals surface area contributed by atoms with Gasteiger partial charge in [-0.15, -0.1) is 0 Å². The molecule has 146 valence electrons. The van der Waals surface area contributed by atoms with Gasteiger partial charge in [-0.1, -0.05) is 55.5 Å². The van der Waals surface area contributed by atoms with Gasteiger partial charge in [-0.3, -0.25) is 4.79 Å². The molecule has 0 radical (unpaired) electrons. The van der Waals surface area contributed by atoms with Crippen LogP contribution in [0, 0.1) is 5.82 Å². The predicted octanol–water partition coefficient (Wildman–Crippen LogP) is 5.70. The van der Waals surface area contributed by atoms with Gasteiger partial charge in [-0.05, 0) is 42.3 Å². The van der Waals surface area contributed by atoms with Crippen LogP contribution in [-0.4, -0.2) is 12.5 Å². The Morgan fingerprint density at radius 1 is 1.00 bits per heavy atom. The molecule has 1 aliphatic rings. The van der Waals surface area contributed by atoms with E-state index in [-0.39, 0.29) is 18.3 Å². The van der Waals surface area contributed by atoms with Gasteiger partial charge in [0.2, 0.25) is 0 Å². The topological polar surface area (TPSA) is 29.5 Å². The van der Waals surface area contributed by atoms with Gasteiger partial charge < -0.3 is 9.64 Å². The number of halogens is 1. The van der Waals surface area contributed by atoms with Crippen molar-refractivity contribution in [1.29, 1.82) is 0 Å². The molecule has 1 amide bonds. The van der Waals surface area contributed by atoms with Crippen LogP contribution < -0.4 is 9.64 Å². The lowest BCUT2D eigenvalue weighted by Crippen LogP contribution is -2.26. The zero-order valence-electron chi connectivity index (χ0n) is 16.3. The first-order chi connectivity index (χ1) is 14.2. The van der Waals surface area contributed by atoms with E-state index in [1.807, 2.05) is 65.6 Å². The largest absolute Gasteiger partial charge is 0.488 e. The maximum Gasteiger partial charge on any atom is 0.258 e. The van der Waals surface area contributed by atoms with Gasteiger partial charge >= 0.3 is 0 Å². The van der Waals surface area contributed by atoms with Crippen LogP contribution in [-0.2, 0) is 11.4 Å². The highest BCUT2D eigenvalue weighted by Gasteiger charge is 2.31. The van der Waals surface area contributed by atoms with Gasteiger partial charge in [0.25, 0.3) is 5.91 Å². The first-order valence-corrected chi connectivity index (χ1v) is 9.76. The Morgan fingerprint density at radius 2 is 1.79 bits per heavy atom. The second kappa shape index (κ2) is 8.31. The number of fused-ring (bicyclic) bond motifs is 1. The highest BCUT2D eigenvalue weighted by molar-refractivity contribution is 6.35. The molecule has 0 saturated heterocycles. The Labute approximate surface area is 170 Å². The fraction of sp³-hybridized carbons (Fsp3) is 0.160. The zero-order valence-corrected chi connectivity index (χ0v) is 16.3. The van der Waals surface area contributed by atoms with E-state index in [0.717, 1.165) is 28.8 Å². The third-order valence-electron chi connectivity index (χ3n) is 4.91. The van der Waals surface area contributed by atoms with Crippen LogP contribution in [0.25, 0.3) is 11.6 Å². The van der Waals surface area contributed by atoms with Gasteiger partial charge in [0.05, 0.1) is 5.69 Å². The van der Waals surface area contributed by atoms with Crippen molar-refractivity contribution >= 4 is 23.2 Å². The number of benzene rings is 3. The maximum absolute atomic E-state index is 13.4. The van der Waals surface area contributed by atoms with Gasteiger partial charge in [0, 0.05) is 23.2 Å². The molecule has 0 unspecified atom stereocenters. The number of carbonyl (C=O) groups excluding carboxylic acids is 1. The molecule has 1 heterocycles. The molecule has 0 N–H and O–H groups in total. The maximum atomic E-state index is 13.4. The quantitative estimate of drug-likeness (QED) is 0.508. The molecule has 0 saturated carbocycles. The normalized spacial score (nSPS) is 14.3. The fourth-order valence-electron chi connectivity index (χ4n) is 3.57. The molecular weight excluding hydrogens is 365 g/mol. The molecule has 3 nitrogen and oxygen atoms in total. The van der Waals surface area contributed by atoms with E-state index in [2.05, 4.69) is 6.92 Å². The summed E-state index contributed by atoms with van der Waals surface area (Å²) in [6, 6.07) is 21.8. The van der Waals surface area contributed by atoms with E-state index in [9.17, 15) is 9.18 Å². The van der Waals surface area contributed by atoms with Crippen LogP contribution in [0.15, 0.2) is 72.8 Å². The molecule has 3 aromatic rings. The minimum absolute atomic E-state index is 0.00739. The van der Waals surface area contributed by atoms with Crippen LogP contribution in [0.2, 0.25) is 0 Å². The Bertz CT molecular complexity index is 1070. The lowest BCUT2D eigenvalue weighted by molar-refractivity contribution is -0.113. The molecule has 3 aromatic carbocycles. The fourth-order valence-corrected chi connectivity index (χ4v) is 3.57. The number of hydrogen-bond donors (Lipinski definition) is 0. The number of anilines is 1. The number of nitrogens with zero attached hydrogens (tertiary/aromatic N) is 1. The summed E-state index contributed by atoms with van der Waals surface area (Å²) in [5.74, 6) is 0.377. The van der Waals surface area contributed by atoms with E-state index >= 15 is 0 Å². The Kier molecular flexibility index (Phi) is 5.43. The predicted molar refractivity (Wildman–Crippen MR) is 114 cm³/mol. The summed E-state index contributed by atoms with van der Waals surface area (Å²) in [5.41, 5.74) is 4.12. The van der Waals surface area contributed by atoms with Gasteiger partial charge in [-0.25, -0.2) is 4.39 Å². The summed E-state index contributed by atoms with van der Waals surface area (Å²) in [4.78, 5) is 14.9. The van der Waals surface area contributed by atoms with Crippen molar-refractivity contribution in [3.8, 4) is 5.75 Å². The standard InChI is InChI=1S/C25H22FNO2/c1-2-14-27-23-12-5-4-11-21(23)22(25(27)28)16-19-9-3-6-13-24(19)29-17-18-8-7-10-20(26)15-18/h3-13,15-16H,2,14,17H2,1H3/b22-16-. The number of rotatable bonds is 6. The van der Waals surface area contributed by atoms with Crippen molar-refractivity contribution in [3.05, 3.63) is 95.3 Å². The second-order valence-electron chi connectivity index (χ2n) is 6.99. The van der Waals surface area contributed by atoms with Crippen LogP contribution in [0.4, 0.5) is 10.1 Å². The van der Waals surface area contributed by atoms with Gasteiger partial charge in [0.15, 0.2) is 0 Å². The first-order valence-electron chi connectivity index (χ1n) is 9.76. The molecule has 4 heteroatoms. The minimum atomic E-state index is -0.286. The molecule has 0 bridgehead atoms. The third-order valence-corrected chi connectivity index (χ3v) is 4.91. The molecule has 1 aliphatic heterocycles. The molecule has 0 aliphatic carbocycles. The molecule has 0 fully saturated rings. The zero-order chi connectivity index (χ0) is 20.2. The van der Waals surface area contributed by atoms with Gasteiger partial charge in [-0.2, -0.15) is 0 Å². The number of amides is 1. The monoisotopic (exact) mass is 387 g/mol. The Hall–Kier alpha value is -3.40. The minimum Gasteiger partial charge on any atom is -0.488 e. The lowest BCUT2D eigenvalue weighted by Gasteiger charge is -2.15. The van der Waals surface area contributed by atoms with E-state index in [4.69, 9.17) is 4.74 Å². The summed E-state index contributed by atoms with van der Waals surface area (Å²) >= 11 is 0. The van der Waals surface area contributed by atoms with Crippen molar-refractivity contribution in [2.45, 2.75) is 20.0 Å². The van der Waals surface area contributed by atoms with Crippen molar-refractivity contribution in [2.24, 2.45) is 0 Å². The smallest absolute Gasteiger partial charge is 0.258 e. The van der Waals surface area contributed by atoms with Crippen LogP contribution in [0.5, 0.6) is 5.75 Å². The first kappa shape index (κ1) is 18.9. The number of ether oxygens (including phenoxy) is 1. The van der Waals surface area contributed by atoms with Crippen molar-refractivity contribution in [1.82, 2.24) is 0 Å². The van der Waals surface area contributed by atoms with Crippen LogP contribution in [0.3, 0.4) is 0 Å². The Morgan fingerprint density at radius 3 is 2.62 bits per heavy atom. The molecule has 29 heavy (non-hydrogen) atoms. The van der Waals surface area contributed by atoms with E-state index in [0.29, 0.717) is 17.9 Å². The molecule has 4 rings (SSSR count). The van der Waals surface area contributed by atoms with Crippen molar-refractivity contribution < 1.29 is 13.9 Å².